The molecule has 0 aromatic heterocycles. The lowest BCUT2D eigenvalue weighted by Gasteiger charge is -2.24. The van der Waals surface area contributed by atoms with Gasteiger partial charge in [0, 0.05) is 13.6 Å². The first-order valence-corrected chi connectivity index (χ1v) is 10.2. The van der Waals surface area contributed by atoms with E-state index < -0.39 is 5.60 Å². The summed E-state index contributed by atoms with van der Waals surface area (Å²) in [4.78, 5) is 13.3. The molecule has 0 saturated heterocycles. The Balaban J connectivity index is 3.23. The molecule has 0 radical (unpaired) electrons. The van der Waals surface area contributed by atoms with Gasteiger partial charge in [-0.15, -0.1) is 6.42 Å². The Morgan fingerprint density at radius 2 is 1.10 bits per heavy atom. The Morgan fingerprint density at radius 3 is 1.47 bits per heavy atom. The predicted octanol–water partition coefficient (Wildman–Crippen LogP) is 1.59. The van der Waals surface area contributed by atoms with E-state index >= 15 is 0 Å². The van der Waals surface area contributed by atoms with Gasteiger partial charge in [-0.3, -0.25) is 0 Å². The lowest BCUT2D eigenvalue weighted by Crippen LogP contribution is -2.36. The minimum Gasteiger partial charge on any atom is -0.444 e. The Morgan fingerprint density at radius 1 is 0.733 bits per heavy atom. The normalized spacial score (nSPS) is 11.3. The predicted molar refractivity (Wildman–Crippen MR) is 113 cm³/mol. The van der Waals surface area contributed by atoms with Gasteiger partial charge in [-0.05, 0) is 20.8 Å². The number of carbonyl (C=O) groups is 1. The molecule has 0 aliphatic heterocycles. The van der Waals surface area contributed by atoms with E-state index in [4.69, 9.17) is 39.6 Å². The summed E-state index contributed by atoms with van der Waals surface area (Å²) in [6, 6.07) is 0. The molecule has 0 bridgehead atoms. The van der Waals surface area contributed by atoms with Crippen LogP contribution in [-0.4, -0.2) is 109 Å². The SMILES string of the molecule is C#CCOCCOCCOCCOCCOCCOCCN(C)C(=O)OC(C)(C)C. The van der Waals surface area contributed by atoms with Crippen LogP contribution >= 0.6 is 0 Å². The van der Waals surface area contributed by atoms with Crippen LogP contribution in [0.3, 0.4) is 0 Å². The van der Waals surface area contributed by atoms with E-state index in [1.165, 1.54) is 4.90 Å². The molecular weight excluding hydrogens is 394 g/mol. The van der Waals surface area contributed by atoms with Crippen LogP contribution < -0.4 is 0 Å². The number of likely N-dealkylation sites (N-methyl/N-ethyl adjacent to an activating group) is 1. The zero-order valence-electron chi connectivity index (χ0n) is 19.0. The van der Waals surface area contributed by atoms with Gasteiger partial charge >= 0.3 is 6.09 Å². The van der Waals surface area contributed by atoms with E-state index in [2.05, 4.69) is 5.92 Å². The Kier molecular flexibility index (Phi) is 18.6. The summed E-state index contributed by atoms with van der Waals surface area (Å²) in [5.74, 6) is 2.39. The van der Waals surface area contributed by atoms with Gasteiger partial charge < -0.3 is 38.1 Å². The smallest absolute Gasteiger partial charge is 0.410 e. The molecule has 0 aromatic rings. The fourth-order valence-corrected chi connectivity index (χ4v) is 1.86. The highest BCUT2D eigenvalue weighted by Gasteiger charge is 2.19. The summed E-state index contributed by atoms with van der Waals surface area (Å²) in [6.07, 6.45) is 4.70. The van der Waals surface area contributed by atoms with Crippen LogP contribution in [0.4, 0.5) is 4.79 Å². The van der Waals surface area contributed by atoms with Crippen molar-refractivity contribution in [2.24, 2.45) is 0 Å². The van der Waals surface area contributed by atoms with Crippen molar-refractivity contribution in [1.82, 2.24) is 4.90 Å². The second-order valence-corrected chi connectivity index (χ2v) is 7.22. The quantitative estimate of drug-likeness (QED) is 0.224. The average molecular weight is 434 g/mol. The van der Waals surface area contributed by atoms with Gasteiger partial charge in [-0.25, -0.2) is 4.79 Å². The largest absolute Gasteiger partial charge is 0.444 e. The van der Waals surface area contributed by atoms with E-state index in [0.717, 1.165) is 0 Å². The van der Waals surface area contributed by atoms with Crippen molar-refractivity contribution in [3.8, 4) is 12.3 Å². The van der Waals surface area contributed by atoms with E-state index in [9.17, 15) is 4.79 Å². The first-order valence-electron chi connectivity index (χ1n) is 10.2. The van der Waals surface area contributed by atoms with E-state index in [1.54, 1.807) is 7.05 Å². The molecule has 0 saturated carbocycles. The third-order valence-corrected chi connectivity index (χ3v) is 3.32. The molecule has 0 aliphatic carbocycles. The van der Waals surface area contributed by atoms with Gasteiger partial charge in [0.25, 0.3) is 0 Å². The van der Waals surface area contributed by atoms with Gasteiger partial charge in [-0.1, -0.05) is 5.92 Å². The zero-order chi connectivity index (χ0) is 22.5. The van der Waals surface area contributed by atoms with Crippen molar-refractivity contribution in [3.05, 3.63) is 0 Å². The van der Waals surface area contributed by atoms with E-state index in [0.29, 0.717) is 85.8 Å². The fourth-order valence-electron chi connectivity index (χ4n) is 1.86. The van der Waals surface area contributed by atoms with Gasteiger partial charge in [0.05, 0.1) is 72.7 Å². The number of hydrogen-bond donors (Lipinski definition) is 0. The molecule has 176 valence electrons. The average Bonchev–Trinajstić information content (AvgIpc) is 2.68. The summed E-state index contributed by atoms with van der Waals surface area (Å²) in [5, 5.41) is 0. The monoisotopic (exact) mass is 433 g/mol. The van der Waals surface area contributed by atoms with Crippen LogP contribution in [0.15, 0.2) is 0 Å². The van der Waals surface area contributed by atoms with Crippen molar-refractivity contribution in [2.45, 2.75) is 26.4 Å². The molecule has 0 aromatic carbocycles. The van der Waals surface area contributed by atoms with Crippen molar-refractivity contribution < 1.29 is 38.0 Å². The molecule has 0 atom stereocenters. The molecule has 9 heteroatoms. The van der Waals surface area contributed by atoms with Crippen LogP contribution in [0.25, 0.3) is 0 Å². The first kappa shape index (κ1) is 28.6. The fraction of sp³-hybridized carbons (Fsp3) is 0.857. The van der Waals surface area contributed by atoms with Gasteiger partial charge in [0.15, 0.2) is 0 Å². The first-order chi connectivity index (χ1) is 14.4. The van der Waals surface area contributed by atoms with Crippen molar-refractivity contribution >= 4 is 6.09 Å². The third kappa shape index (κ3) is 21.3. The molecule has 9 nitrogen and oxygen atoms in total. The number of amides is 1. The van der Waals surface area contributed by atoms with Crippen molar-refractivity contribution in [2.75, 3.05) is 92.9 Å². The minimum absolute atomic E-state index is 0.307. The lowest BCUT2D eigenvalue weighted by atomic mass is 10.2. The number of carbonyl (C=O) groups excluding carboxylic acids is 1. The van der Waals surface area contributed by atoms with Crippen molar-refractivity contribution in [3.63, 3.8) is 0 Å². The minimum atomic E-state index is -0.499. The van der Waals surface area contributed by atoms with Gasteiger partial charge in [0.2, 0.25) is 0 Å². The van der Waals surface area contributed by atoms with Crippen LogP contribution in [0.1, 0.15) is 20.8 Å². The van der Waals surface area contributed by atoms with Crippen LogP contribution in [0.5, 0.6) is 0 Å². The Labute approximate surface area is 181 Å². The molecular formula is C21H39NO8. The molecule has 0 fully saturated rings. The van der Waals surface area contributed by atoms with Gasteiger partial charge in [-0.2, -0.15) is 0 Å². The number of terminal acetylenes is 1. The summed E-state index contributed by atoms with van der Waals surface area (Å²) in [6.45, 7) is 11.6. The number of ether oxygens (including phenoxy) is 7. The maximum Gasteiger partial charge on any atom is 0.410 e. The highest BCUT2D eigenvalue weighted by Crippen LogP contribution is 2.08. The third-order valence-electron chi connectivity index (χ3n) is 3.32. The number of rotatable bonds is 19. The Hall–Kier alpha value is -1.41. The molecule has 0 unspecified atom stereocenters. The summed E-state index contributed by atoms with van der Waals surface area (Å²) in [7, 11) is 1.68. The molecule has 0 N–H and O–H groups in total. The van der Waals surface area contributed by atoms with Gasteiger partial charge in [0.1, 0.15) is 12.2 Å². The highest BCUT2D eigenvalue weighted by molar-refractivity contribution is 5.67. The number of nitrogens with zero attached hydrogens (tertiary/aromatic N) is 1. The maximum atomic E-state index is 11.8. The summed E-state index contributed by atoms with van der Waals surface area (Å²) < 4.78 is 37.3. The summed E-state index contributed by atoms with van der Waals surface area (Å²) >= 11 is 0. The number of hydrogen-bond acceptors (Lipinski definition) is 8. The van der Waals surface area contributed by atoms with Crippen LogP contribution in [0.2, 0.25) is 0 Å². The molecule has 0 heterocycles. The molecule has 0 spiro atoms. The standard InChI is InChI=1S/C21H39NO8/c1-6-8-24-10-12-26-14-16-28-18-19-29-17-15-27-13-11-25-9-7-22(5)20(23)30-21(2,3)4/h1H,7-19H2,2-5H3. The van der Waals surface area contributed by atoms with Crippen LogP contribution in [0, 0.1) is 12.3 Å². The van der Waals surface area contributed by atoms with Crippen molar-refractivity contribution in [1.29, 1.82) is 0 Å². The highest BCUT2D eigenvalue weighted by atomic mass is 16.6. The maximum absolute atomic E-state index is 11.8. The zero-order valence-corrected chi connectivity index (χ0v) is 19.0. The Bertz CT molecular complexity index is 447. The summed E-state index contributed by atoms with van der Waals surface area (Å²) in [5.41, 5.74) is -0.499. The second-order valence-electron chi connectivity index (χ2n) is 7.22. The topological polar surface area (TPSA) is 84.9 Å². The molecule has 0 aliphatic rings. The molecule has 30 heavy (non-hydrogen) atoms. The lowest BCUT2D eigenvalue weighted by molar-refractivity contribution is -0.0168. The molecule has 0 rings (SSSR count). The van der Waals surface area contributed by atoms with E-state index in [1.807, 2.05) is 20.8 Å². The van der Waals surface area contributed by atoms with Crippen LogP contribution in [-0.2, 0) is 33.2 Å². The molecule has 1 amide bonds. The second kappa shape index (κ2) is 19.5. The van der Waals surface area contributed by atoms with E-state index in [-0.39, 0.29) is 6.09 Å².